The lowest BCUT2D eigenvalue weighted by Crippen LogP contribution is -2.21. The van der Waals surface area contributed by atoms with Crippen LogP contribution in [0.3, 0.4) is 0 Å². The summed E-state index contributed by atoms with van der Waals surface area (Å²) in [7, 11) is 2.02. The van der Waals surface area contributed by atoms with Gasteiger partial charge >= 0.3 is 0 Å². The third kappa shape index (κ3) is 3.81. The number of aliphatic hydroxyl groups is 1. The van der Waals surface area contributed by atoms with Crippen molar-refractivity contribution in [3.8, 4) is 22.5 Å². The van der Waals surface area contributed by atoms with Gasteiger partial charge in [-0.15, -0.1) is 0 Å². The number of nitrogens with one attached hydrogen (secondary N) is 1. The molecule has 0 aliphatic carbocycles. The SMILES string of the molecule is Cc1cccc(-c2cc(-c3cccc(CN(C)CCO)c3)c3cc[nH]c3n2)n1. The molecule has 3 aromatic heterocycles. The van der Waals surface area contributed by atoms with E-state index in [0.717, 1.165) is 45.8 Å². The maximum Gasteiger partial charge on any atom is 0.138 e. The van der Waals surface area contributed by atoms with Crippen LogP contribution in [-0.4, -0.2) is 45.2 Å². The Morgan fingerprint density at radius 1 is 1.00 bits per heavy atom. The van der Waals surface area contributed by atoms with E-state index in [0.29, 0.717) is 6.54 Å². The van der Waals surface area contributed by atoms with Gasteiger partial charge in [0, 0.05) is 30.4 Å². The fourth-order valence-electron chi connectivity index (χ4n) is 3.49. The third-order valence-corrected chi connectivity index (χ3v) is 4.85. The molecule has 4 aromatic rings. The summed E-state index contributed by atoms with van der Waals surface area (Å²) in [5.74, 6) is 0. The summed E-state index contributed by atoms with van der Waals surface area (Å²) >= 11 is 0. The molecule has 5 nitrogen and oxygen atoms in total. The minimum absolute atomic E-state index is 0.164. The van der Waals surface area contributed by atoms with Crippen molar-refractivity contribution >= 4 is 11.0 Å². The second-order valence-corrected chi connectivity index (χ2v) is 7.12. The second kappa shape index (κ2) is 7.92. The first kappa shape index (κ1) is 18.3. The highest BCUT2D eigenvalue weighted by atomic mass is 16.3. The number of H-pyrrole nitrogens is 1. The van der Waals surface area contributed by atoms with E-state index in [-0.39, 0.29) is 6.61 Å². The molecule has 0 unspecified atom stereocenters. The smallest absolute Gasteiger partial charge is 0.138 e. The molecule has 28 heavy (non-hydrogen) atoms. The van der Waals surface area contributed by atoms with Crippen LogP contribution >= 0.6 is 0 Å². The van der Waals surface area contributed by atoms with E-state index in [1.54, 1.807) is 0 Å². The number of hydrogen-bond acceptors (Lipinski definition) is 4. The van der Waals surface area contributed by atoms with Gasteiger partial charge < -0.3 is 10.1 Å². The number of benzene rings is 1. The summed E-state index contributed by atoms with van der Waals surface area (Å²) in [6.07, 6.45) is 1.92. The van der Waals surface area contributed by atoms with E-state index in [4.69, 9.17) is 10.1 Å². The number of likely N-dealkylation sites (N-methyl/N-ethyl adjacent to an activating group) is 1. The van der Waals surface area contributed by atoms with Gasteiger partial charge in [-0.25, -0.2) is 4.98 Å². The fourth-order valence-corrected chi connectivity index (χ4v) is 3.49. The lowest BCUT2D eigenvalue weighted by Gasteiger charge is -2.16. The van der Waals surface area contributed by atoms with E-state index >= 15 is 0 Å². The first-order valence-corrected chi connectivity index (χ1v) is 9.45. The molecule has 5 heteroatoms. The number of nitrogens with zero attached hydrogens (tertiary/aromatic N) is 3. The maximum atomic E-state index is 9.14. The van der Waals surface area contributed by atoms with E-state index in [9.17, 15) is 0 Å². The Bertz CT molecular complexity index is 1100. The molecule has 0 aliphatic heterocycles. The van der Waals surface area contributed by atoms with Gasteiger partial charge in [0.25, 0.3) is 0 Å². The molecule has 2 N–H and O–H groups in total. The van der Waals surface area contributed by atoms with Crippen LogP contribution in [0.25, 0.3) is 33.5 Å². The van der Waals surface area contributed by atoms with Crippen LogP contribution in [0.4, 0.5) is 0 Å². The van der Waals surface area contributed by atoms with Gasteiger partial charge in [0.05, 0.1) is 18.0 Å². The highest BCUT2D eigenvalue weighted by molar-refractivity contribution is 5.95. The zero-order valence-electron chi connectivity index (χ0n) is 16.2. The molecule has 0 radical (unpaired) electrons. The molecule has 3 heterocycles. The van der Waals surface area contributed by atoms with Gasteiger partial charge in [0.15, 0.2) is 0 Å². The Balaban J connectivity index is 1.79. The lowest BCUT2D eigenvalue weighted by atomic mass is 9.99. The minimum atomic E-state index is 0.164. The van der Waals surface area contributed by atoms with Crippen molar-refractivity contribution < 1.29 is 5.11 Å². The molecule has 142 valence electrons. The van der Waals surface area contributed by atoms with Gasteiger partial charge in [0.2, 0.25) is 0 Å². The molecule has 0 atom stereocenters. The quantitative estimate of drug-likeness (QED) is 0.536. The number of aryl methyl sites for hydroxylation is 1. The highest BCUT2D eigenvalue weighted by Crippen LogP contribution is 2.31. The Morgan fingerprint density at radius 3 is 2.68 bits per heavy atom. The van der Waals surface area contributed by atoms with Crippen LogP contribution in [0, 0.1) is 6.92 Å². The van der Waals surface area contributed by atoms with Crippen molar-refractivity contribution in [1.82, 2.24) is 19.9 Å². The van der Waals surface area contributed by atoms with Crippen LogP contribution in [0.5, 0.6) is 0 Å². The number of aromatic amines is 1. The Morgan fingerprint density at radius 2 is 1.86 bits per heavy atom. The number of aromatic nitrogens is 3. The van der Waals surface area contributed by atoms with Gasteiger partial charge in [0.1, 0.15) is 5.65 Å². The monoisotopic (exact) mass is 372 g/mol. The van der Waals surface area contributed by atoms with Crippen LogP contribution < -0.4 is 0 Å². The maximum absolute atomic E-state index is 9.14. The van der Waals surface area contributed by atoms with E-state index in [1.165, 1.54) is 5.56 Å². The van der Waals surface area contributed by atoms with Crippen molar-refractivity contribution in [2.75, 3.05) is 20.2 Å². The molecule has 0 fully saturated rings. The van der Waals surface area contributed by atoms with Crippen molar-refractivity contribution in [2.24, 2.45) is 0 Å². The van der Waals surface area contributed by atoms with Crippen LogP contribution in [-0.2, 0) is 6.54 Å². The summed E-state index contributed by atoms with van der Waals surface area (Å²) in [6, 6.07) is 18.7. The van der Waals surface area contributed by atoms with E-state index < -0.39 is 0 Å². The number of hydrogen-bond donors (Lipinski definition) is 2. The van der Waals surface area contributed by atoms with Gasteiger partial charge in [-0.1, -0.05) is 24.3 Å². The van der Waals surface area contributed by atoms with Crippen LogP contribution in [0.15, 0.2) is 60.8 Å². The van der Waals surface area contributed by atoms with Gasteiger partial charge in [-0.05, 0) is 61.0 Å². The molecule has 0 saturated heterocycles. The Labute approximate surface area is 164 Å². The largest absolute Gasteiger partial charge is 0.395 e. The Hall–Kier alpha value is -3.02. The zero-order valence-corrected chi connectivity index (χ0v) is 16.2. The average molecular weight is 372 g/mol. The molecule has 0 bridgehead atoms. The highest BCUT2D eigenvalue weighted by Gasteiger charge is 2.12. The molecule has 0 amide bonds. The average Bonchev–Trinajstić information content (AvgIpc) is 3.16. The third-order valence-electron chi connectivity index (χ3n) is 4.85. The van der Waals surface area contributed by atoms with Crippen molar-refractivity contribution in [1.29, 1.82) is 0 Å². The summed E-state index contributed by atoms with van der Waals surface area (Å²) in [5.41, 5.74) is 7.06. The van der Waals surface area contributed by atoms with E-state index in [1.807, 2.05) is 38.4 Å². The second-order valence-electron chi connectivity index (χ2n) is 7.12. The molecule has 0 saturated carbocycles. The first-order chi connectivity index (χ1) is 13.6. The van der Waals surface area contributed by atoms with Crippen LogP contribution in [0.2, 0.25) is 0 Å². The minimum Gasteiger partial charge on any atom is -0.395 e. The van der Waals surface area contributed by atoms with Gasteiger partial charge in [-0.2, -0.15) is 0 Å². The molecule has 1 aromatic carbocycles. The summed E-state index contributed by atoms with van der Waals surface area (Å²) in [4.78, 5) is 14.8. The normalized spacial score (nSPS) is 11.4. The number of rotatable bonds is 6. The van der Waals surface area contributed by atoms with Crippen molar-refractivity contribution in [3.05, 3.63) is 72.1 Å². The molecule has 0 spiro atoms. The number of aliphatic hydroxyl groups excluding tert-OH is 1. The predicted molar refractivity (Wildman–Crippen MR) is 113 cm³/mol. The molecular formula is C23H24N4O. The number of pyridine rings is 2. The van der Waals surface area contributed by atoms with Crippen molar-refractivity contribution in [3.63, 3.8) is 0 Å². The number of fused-ring (bicyclic) bond motifs is 1. The van der Waals surface area contributed by atoms with Crippen molar-refractivity contribution in [2.45, 2.75) is 13.5 Å². The molecule has 4 rings (SSSR count). The van der Waals surface area contributed by atoms with Gasteiger partial charge in [-0.3, -0.25) is 9.88 Å². The summed E-state index contributed by atoms with van der Waals surface area (Å²) < 4.78 is 0. The molecular weight excluding hydrogens is 348 g/mol. The topological polar surface area (TPSA) is 65.0 Å². The first-order valence-electron chi connectivity index (χ1n) is 9.45. The predicted octanol–water partition coefficient (Wildman–Crippen LogP) is 4.02. The lowest BCUT2D eigenvalue weighted by molar-refractivity contribution is 0.217. The standard InChI is InChI=1S/C23H24N4O/c1-16-5-3-8-21(25-16)22-14-20(19-9-10-24-23(19)26-22)18-7-4-6-17(13-18)15-27(2)11-12-28/h3-10,13-14,28H,11-12,15H2,1-2H3,(H,24,26). The Kier molecular flexibility index (Phi) is 5.19. The zero-order chi connectivity index (χ0) is 19.5. The van der Waals surface area contributed by atoms with Crippen LogP contribution in [0.1, 0.15) is 11.3 Å². The van der Waals surface area contributed by atoms with E-state index in [2.05, 4.69) is 51.3 Å². The summed E-state index contributed by atoms with van der Waals surface area (Å²) in [5, 5.41) is 10.2. The fraction of sp³-hybridized carbons (Fsp3) is 0.217. The molecule has 0 aliphatic rings. The summed E-state index contributed by atoms with van der Waals surface area (Å²) in [6.45, 7) is 3.61.